The van der Waals surface area contributed by atoms with Crippen molar-refractivity contribution in [3.05, 3.63) is 29.0 Å². The third-order valence-electron chi connectivity index (χ3n) is 4.25. The van der Waals surface area contributed by atoms with Gasteiger partial charge in [0.05, 0.1) is 16.8 Å². The minimum absolute atomic E-state index is 0.596. The molecule has 4 rings (SSSR count). The molecule has 3 unspecified atom stereocenters. The summed E-state index contributed by atoms with van der Waals surface area (Å²) in [6.07, 6.45) is 5.90. The van der Waals surface area contributed by atoms with Gasteiger partial charge in [-0.1, -0.05) is 0 Å². The molecule has 2 saturated heterocycles. The van der Waals surface area contributed by atoms with E-state index >= 15 is 0 Å². The highest BCUT2D eigenvalue weighted by molar-refractivity contribution is 7.15. The Morgan fingerprint density at radius 1 is 1.33 bits per heavy atom. The molecule has 0 aliphatic carbocycles. The molecule has 2 aliphatic rings. The van der Waals surface area contributed by atoms with Crippen molar-refractivity contribution in [2.45, 2.75) is 44.2 Å². The maximum Gasteiger partial charge on any atom is 0.111 e. The Hall–Kier alpha value is -1.13. The lowest BCUT2D eigenvalue weighted by Crippen LogP contribution is -2.22. The molecule has 94 valence electrons. The van der Waals surface area contributed by atoms with Crippen LogP contribution in [0.2, 0.25) is 0 Å². The van der Waals surface area contributed by atoms with Gasteiger partial charge in [-0.15, -0.1) is 11.3 Å². The zero-order valence-electron chi connectivity index (χ0n) is 10.4. The van der Waals surface area contributed by atoms with E-state index in [1.54, 1.807) is 0 Å². The Labute approximate surface area is 111 Å². The number of aryl methyl sites for hydroxylation is 1. The highest BCUT2D eigenvalue weighted by atomic mass is 32.1. The molecule has 3 nitrogen and oxygen atoms in total. The highest BCUT2D eigenvalue weighted by Crippen LogP contribution is 2.39. The van der Waals surface area contributed by atoms with Gasteiger partial charge in [-0.05, 0) is 38.3 Å². The van der Waals surface area contributed by atoms with Crippen molar-refractivity contribution in [3.63, 3.8) is 0 Å². The highest BCUT2D eigenvalue weighted by Gasteiger charge is 2.41. The SMILES string of the molecule is Cc1ccc(-c2cnc(C3CC4CCC3N4)[nH]2)s1. The largest absolute Gasteiger partial charge is 0.341 e. The predicted molar refractivity (Wildman–Crippen MR) is 73.9 cm³/mol. The predicted octanol–water partition coefficient (Wildman–Crippen LogP) is 3.05. The van der Waals surface area contributed by atoms with E-state index in [9.17, 15) is 0 Å². The average Bonchev–Trinajstić information content (AvgIpc) is 3.12. The van der Waals surface area contributed by atoms with Gasteiger partial charge < -0.3 is 10.3 Å². The Morgan fingerprint density at radius 3 is 2.94 bits per heavy atom. The first-order chi connectivity index (χ1) is 8.79. The molecule has 2 aromatic rings. The van der Waals surface area contributed by atoms with Gasteiger partial charge in [0.2, 0.25) is 0 Å². The molecule has 3 atom stereocenters. The molecule has 0 spiro atoms. The second kappa shape index (κ2) is 3.93. The van der Waals surface area contributed by atoms with Crippen LogP contribution in [0.15, 0.2) is 18.3 Å². The summed E-state index contributed by atoms with van der Waals surface area (Å²) in [5.41, 5.74) is 1.17. The lowest BCUT2D eigenvalue weighted by atomic mass is 9.89. The summed E-state index contributed by atoms with van der Waals surface area (Å²) in [6, 6.07) is 5.73. The van der Waals surface area contributed by atoms with Crippen molar-refractivity contribution in [1.82, 2.24) is 15.3 Å². The third-order valence-corrected chi connectivity index (χ3v) is 5.29. The molecule has 0 aromatic carbocycles. The van der Waals surface area contributed by atoms with Gasteiger partial charge >= 0.3 is 0 Å². The van der Waals surface area contributed by atoms with Crippen LogP contribution in [0.3, 0.4) is 0 Å². The zero-order chi connectivity index (χ0) is 12.1. The van der Waals surface area contributed by atoms with E-state index in [1.807, 2.05) is 17.5 Å². The lowest BCUT2D eigenvalue weighted by molar-refractivity contribution is 0.490. The first-order valence-corrected chi connectivity index (χ1v) is 7.49. The summed E-state index contributed by atoms with van der Waals surface area (Å²) in [5, 5.41) is 3.67. The monoisotopic (exact) mass is 259 g/mol. The number of hydrogen-bond acceptors (Lipinski definition) is 3. The van der Waals surface area contributed by atoms with Crippen LogP contribution in [0.4, 0.5) is 0 Å². The van der Waals surface area contributed by atoms with Crippen LogP contribution < -0.4 is 5.32 Å². The van der Waals surface area contributed by atoms with Gasteiger partial charge in [0.1, 0.15) is 5.82 Å². The first kappa shape index (κ1) is 10.8. The van der Waals surface area contributed by atoms with Gasteiger partial charge in [0.15, 0.2) is 0 Å². The fraction of sp³-hybridized carbons (Fsp3) is 0.500. The molecule has 2 fully saturated rings. The molecule has 2 N–H and O–H groups in total. The fourth-order valence-electron chi connectivity index (χ4n) is 3.36. The summed E-state index contributed by atoms with van der Waals surface area (Å²) >= 11 is 1.83. The van der Waals surface area contributed by atoms with Crippen molar-refractivity contribution in [1.29, 1.82) is 0 Å². The molecule has 0 amide bonds. The van der Waals surface area contributed by atoms with Crippen LogP contribution in [0.25, 0.3) is 10.6 Å². The summed E-state index contributed by atoms with van der Waals surface area (Å²) in [7, 11) is 0. The van der Waals surface area contributed by atoms with E-state index < -0.39 is 0 Å². The van der Waals surface area contributed by atoms with Gasteiger partial charge in [-0.3, -0.25) is 0 Å². The van der Waals surface area contributed by atoms with E-state index in [0.717, 1.165) is 6.04 Å². The van der Waals surface area contributed by atoms with E-state index in [2.05, 4.69) is 34.3 Å². The van der Waals surface area contributed by atoms with E-state index in [1.165, 1.54) is 40.5 Å². The maximum atomic E-state index is 4.61. The Balaban J connectivity index is 1.62. The normalized spacial score (nSPS) is 30.2. The minimum Gasteiger partial charge on any atom is -0.341 e. The van der Waals surface area contributed by atoms with Crippen LogP contribution in [0.1, 0.15) is 35.9 Å². The molecule has 0 saturated carbocycles. The standard InChI is InChI=1S/C14H17N3S/c1-8-2-5-13(18-8)12-7-15-14(17-12)10-6-9-3-4-11(10)16-9/h2,5,7,9-11,16H,3-4,6H2,1H3,(H,15,17). The minimum atomic E-state index is 0.596. The van der Waals surface area contributed by atoms with Crippen molar-refractivity contribution in [3.8, 4) is 10.6 Å². The summed E-state index contributed by atoms with van der Waals surface area (Å²) < 4.78 is 0. The number of hydrogen-bond donors (Lipinski definition) is 2. The Morgan fingerprint density at radius 2 is 2.28 bits per heavy atom. The van der Waals surface area contributed by atoms with Crippen molar-refractivity contribution >= 4 is 11.3 Å². The average molecular weight is 259 g/mol. The molecule has 0 radical (unpaired) electrons. The number of H-pyrrole nitrogens is 1. The quantitative estimate of drug-likeness (QED) is 0.870. The van der Waals surface area contributed by atoms with Crippen LogP contribution in [-0.2, 0) is 0 Å². The van der Waals surface area contributed by atoms with Gasteiger partial charge in [-0.2, -0.15) is 0 Å². The number of aromatic nitrogens is 2. The van der Waals surface area contributed by atoms with Gasteiger partial charge in [0.25, 0.3) is 0 Å². The van der Waals surface area contributed by atoms with Gasteiger partial charge in [-0.25, -0.2) is 4.98 Å². The second-order valence-electron chi connectivity index (χ2n) is 5.48. The number of fused-ring (bicyclic) bond motifs is 2. The molecule has 4 heteroatoms. The number of nitrogens with one attached hydrogen (secondary N) is 2. The molecule has 4 heterocycles. The number of rotatable bonds is 2. The van der Waals surface area contributed by atoms with Crippen LogP contribution in [-0.4, -0.2) is 22.1 Å². The molecule has 2 aliphatic heterocycles. The summed E-state index contributed by atoms with van der Waals surface area (Å²) in [4.78, 5) is 10.8. The second-order valence-corrected chi connectivity index (χ2v) is 6.77. The Bertz CT molecular complexity index is 571. The maximum absolute atomic E-state index is 4.61. The molecular weight excluding hydrogens is 242 g/mol. The van der Waals surface area contributed by atoms with Crippen LogP contribution in [0, 0.1) is 6.92 Å². The number of nitrogens with zero attached hydrogens (tertiary/aromatic N) is 1. The van der Waals surface area contributed by atoms with Crippen LogP contribution >= 0.6 is 11.3 Å². The topological polar surface area (TPSA) is 40.7 Å². The molecule has 2 bridgehead atoms. The number of imidazole rings is 1. The van der Waals surface area contributed by atoms with E-state index in [0.29, 0.717) is 12.0 Å². The fourth-order valence-corrected chi connectivity index (χ4v) is 4.19. The lowest BCUT2D eigenvalue weighted by Gasteiger charge is -2.17. The van der Waals surface area contributed by atoms with Crippen molar-refractivity contribution in [2.75, 3.05) is 0 Å². The van der Waals surface area contributed by atoms with E-state index in [-0.39, 0.29) is 0 Å². The molecule has 2 aromatic heterocycles. The smallest absolute Gasteiger partial charge is 0.111 e. The molecule has 18 heavy (non-hydrogen) atoms. The number of thiophene rings is 1. The van der Waals surface area contributed by atoms with Crippen molar-refractivity contribution in [2.24, 2.45) is 0 Å². The van der Waals surface area contributed by atoms with E-state index in [4.69, 9.17) is 0 Å². The number of aromatic amines is 1. The van der Waals surface area contributed by atoms with Crippen molar-refractivity contribution < 1.29 is 0 Å². The zero-order valence-corrected chi connectivity index (χ0v) is 11.3. The Kier molecular flexibility index (Phi) is 2.35. The first-order valence-electron chi connectivity index (χ1n) is 6.67. The summed E-state index contributed by atoms with van der Waals surface area (Å²) in [6.45, 7) is 2.14. The molecular formula is C14H17N3S. The van der Waals surface area contributed by atoms with Gasteiger partial charge in [0, 0.05) is 22.9 Å². The summed E-state index contributed by atoms with van der Waals surface area (Å²) in [5.74, 6) is 1.77. The third kappa shape index (κ3) is 1.63. The van der Waals surface area contributed by atoms with Crippen LogP contribution in [0.5, 0.6) is 0 Å².